The zero-order chi connectivity index (χ0) is 17.6. The van der Waals surface area contributed by atoms with Crippen molar-refractivity contribution in [1.29, 1.82) is 0 Å². The lowest BCUT2D eigenvalue weighted by Gasteiger charge is -2.56. The maximum atomic E-state index is 12.7. The molecule has 0 saturated carbocycles. The van der Waals surface area contributed by atoms with E-state index in [4.69, 9.17) is 0 Å². The molecule has 1 amide bonds. The SMILES string of the molecule is Cc1ccc(CC(=O)N2C3CC2CN(c2cc(C)nc(C)n2)C3)cc1. The Morgan fingerprint density at radius 2 is 1.76 bits per heavy atom. The second-order valence-electron chi connectivity index (χ2n) is 7.33. The van der Waals surface area contributed by atoms with Gasteiger partial charge in [-0.3, -0.25) is 4.79 Å². The Kier molecular flexibility index (Phi) is 3.94. The highest BCUT2D eigenvalue weighted by Crippen LogP contribution is 2.34. The summed E-state index contributed by atoms with van der Waals surface area (Å²) in [5, 5.41) is 0. The molecule has 0 aliphatic carbocycles. The number of aromatic nitrogens is 2. The van der Waals surface area contributed by atoms with Gasteiger partial charge in [-0.2, -0.15) is 0 Å². The van der Waals surface area contributed by atoms with Crippen molar-refractivity contribution in [2.75, 3.05) is 18.0 Å². The van der Waals surface area contributed by atoms with Crippen LogP contribution in [0.15, 0.2) is 30.3 Å². The minimum Gasteiger partial charge on any atom is -0.352 e. The van der Waals surface area contributed by atoms with E-state index in [-0.39, 0.29) is 5.91 Å². The molecule has 25 heavy (non-hydrogen) atoms. The molecule has 4 heterocycles. The lowest BCUT2D eigenvalue weighted by molar-refractivity contribution is -0.145. The fourth-order valence-electron chi connectivity index (χ4n) is 4.04. The van der Waals surface area contributed by atoms with Crippen LogP contribution in [0, 0.1) is 20.8 Å². The third-order valence-electron chi connectivity index (χ3n) is 5.23. The fourth-order valence-corrected chi connectivity index (χ4v) is 4.04. The van der Waals surface area contributed by atoms with E-state index >= 15 is 0 Å². The second kappa shape index (κ2) is 6.14. The number of hydrogen-bond acceptors (Lipinski definition) is 4. The van der Waals surface area contributed by atoms with Gasteiger partial charge in [-0.15, -0.1) is 0 Å². The lowest BCUT2D eigenvalue weighted by Crippen LogP contribution is -2.70. The number of benzene rings is 1. The van der Waals surface area contributed by atoms with Gasteiger partial charge < -0.3 is 9.80 Å². The van der Waals surface area contributed by atoms with Gasteiger partial charge in [0.15, 0.2) is 0 Å². The summed E-state index contributed by atoms with van der Waals surface area (Å²) in [5.41, 5.74) is 3.32. The van der Waals surface area contributed by atoms with Crippen LogP contribution >= 0.6 is 0 Å². The number of carbonyl (C=O) groups is 1. The number of fused-ring (bicyclic) bond motifs is 2. The Balaban J connectivity index is 1.43. The molecule has 0 spiro atoms. The van der Waals surface area contributed by atoms with Gasteiger partial charge in [0.1, 0.15) is 11.6 Å². The topological polar surface area (TPSA) is 49.3 Å². The number of piperazine rings is 1. The first-order valence-corrected chi connectivity index (χ1v) is 8.93. The van der Waals surface area contributed by atoms with E-state index in [0.29, 0.717) is 18.5 Å². The van der Waals surface area contributed by atoms with E-state index in [2.05, 4.69) is 51.0 Å². The minimum absolute atomic E-state index is 0.250. The maximum absolute atomic E-state index is 12.7. The van der Waals surface area contributed by atoms with Crippen LogP contribution in [0.1, 0.15) is 29.1 Å². The third-order valence-corrected chi connectivity index (χ3v) is 5.23. The highest BCUT2D eigenvalue weighted by Gasteiger charge is 2.47. The van der Waals surface area contributed by atoms with Crippen LogP contribution in [-0.2, 0) is 11.2 Å². The molecule has 2 atom stereocenters. The summed E-state index contributed by atoms with van der Waals surface area (Å²) in [6.07, 6.45) is 1.61. The number of hydrogen-bond donors (Lipinski definition) is 0. The predicted octanol–water partition coefficient (Wildman–Crippen LogP) is 2.43. The number of amides is 1. The third kappa shape index (κ3) is 3.11. The van der Waals surface area contributed by atoms with Crippen LogP contribution < -0.4 is 4.90 Å². The van der Waals surface area contributed by atoms with Gasteiger partial charge in [0.05, 0.1) is 18.5 Å². The average molecular weight is 336 g/mol. The first-order valence-electron chi connectivity index (χ1n) is 8.93. The maximum Gasteiger partial charge on any atom is 0.227 e. The molecule has 5 rings (SSSR count). The largest absolute Gasteiger partial charge is 0.352 e. The van der Waals surface area contributed by atoms with E-state index in [1.807, 2.05) is 19.9 Å². The molecule has 5 nitrogen and oxygen atoms in total. The number of piperidine rings is 1. The summed E-state index contributed by atoms with van der Waals surface area (Å²) in [4.78, 5) is 26.0. The van der Waals surface area contributed by atoms with E-state index in [9.17, 15) is 4.79 Å². The van der Waals surface area contributed by atoms with E-state index in [1.165, 1.54) is 5.56 Å². The van der Waals surface area contributed by atoms with Crippen molar-refractivity contribution in [3.8, 4) is 0 Å². The molecular weight excluding hydrogens is 312 g/mol. The van der Waals surface area contributed by atoms with Gasteiger partial charge in [-0.1, -0.05) is 29.8 Å². The van der Waals surface area contributed by atoms with Gasteiger partial charge in [-0.05, 0) is 32.8 Å². The first kappa shape index (κ1) is 16.1. The highest BCUT2D eigenvalue weighted by molar-refractivity contribution is 5.81. The van der Waals surface area contributed by atoms with Crippen molar-refractivity contribution in [2.45, 2.75) is 45.7 Å². The minimum atomic E-state index is 0.250. The molecule has 1 aromatic carbocycles. The van der Waals surface area contributed by atoms with Crippen LogP contribution in [-0.4, -0.2) is 45.9 Å². The Morgan fingerprint density at radius 1 is 1.08 bits per heavy atom. The summed E-state index contributed by atoms with van der Waals surface area (Å²) < 4.78 is 0. The fraction of sp³-hybridized carbons (Fsp3) is 0.450. The molecule has 3 saturated heterocycles. The molecule has 0 N–H and O–H groups in total. The lowest BCUT2D eigenvalue weighted by atomic mass is 9.86. The molecule has 5 heteroatoms. The Labute approximate surface area is 148 Å². The number of anilines is 1. The molecule has 3 aliphatic rings. The van der Waals surface area contributed by atoms with Gasteiger partial charge in [0.2, 0.25) is 5.91 Å². The quantitative estimate of drug-likeness (QED) is 0.864. The smallest absolute Gasteiger partial charge is 0.227 e. The molecule has 3 aliphatic heterocycles. The monoisotopic (exact) mass is 336 g/mol. The molecular formula is C20H24N4O. The van der Waals surface area contributed by atoms with E-state index in [0.717, 1.165) is 42.4 Å². The predicted molar refractivity (Wildman–Crippen MR) is 97.6 cm³/mol. The normalized spacial score (nSPS) is 21.9. The molecule has 1 aromatic heterocycles. The summed E-state index contributed by atoms with van der Waals surface area (Å²) in [6.45, 7) is 7.73. The average Bonchev–Trinajstić information content (AvgIpc) is 2.56. The van der Waals surface area contributed by atoms with E-state index in [1.54, 1.807) is 0 Å². The Bertz CT molecular complexity index is 770. The van der Waals surface area contributed by atoms with E-state index < -0.39 is 0 Å². The number of nitrogens with zero attached hydrogens (tertiary/aromatic N) is 4. The molecule has 130 valence electrons. The summed E-state index contributed by atoms with van der Waals surface area (Å²) >= 11 is 0. The Hall–Kier alpha value is -2.43. The van der Waals surface area contributed by atoms with Crippen molar-refractivity contribution in [3.05, 3.63) is 53.0 Å². The van der Waals surface area contributed by atoms with Crippen LogP contribution in [0.4, 0.5) is 5.82 Å². The van der Waals surface area contributed by atoms with Crippen molar-refractivity contribution in [2.24, 2.45) is 0 Å². The molecule has 3 fully saturated rings. The van der Waals surface area contributed by atoms with Gasteiger partial charge in [0, 0.05) is 24.8 Å². The van der Waals surface area contributed by atoms with Crippen molar-refractivity contribution < 1.29 is 4.79 Å². The number of carbonyl (C=O) groups excluding carboxylic acids is 1. The summed E-state index contributed by atoms with van der Waals surface area (Å²) in [5.74, 6) is 2.05. The van der Waals surface area contributed by atoms with Crippen molar-refractivity contribution >= 4 is 11.7 Å². The van der Waals surface area contributed by atoms with Gasteiger partial charge in [-0.25, -0.2) is 9.97 Å². The van der Waals surface area contributed by atoms with Crippen molar-refractivity contribution in [3.63, 3.8) is 0 Å². The summed E-state index contributed by atoms with van der Waals surface area (Å²) in [6, 6.07) is 10.9. The van der Waals surface area contributed by atoms with Gasteiger partial charge in [0.25, 0.3) is 0 Å². The molecule has 2 unspecified atom stereocenters. The number of aryl methyl sites for hydroxylation is 3. The second-order valence-corrected chi connectivity index (χ2v) is 7.33. The molecule has 2 aromatic rings. The van der Waals surface area contributed by atoms with Crippen LogP contribution in [0.3, 0.4) is 0 Å². The zero-order valence-electron chi connectivity index (χ0n) is 15.1. The summed E-state index contributed by atoms with van der Waals surface area (Å²) in [7, 11) is 0. The van der Waals surface area contributed by atoms with Crippen LogP contribution in [0.5, 0.6) is 0 Å². The number of rotatable bonds is 3. The zero-order valence-corrected chi connectivity index (χ0v) is 15.1. The molecule has 2 bridgehead atoms. The Morgan fingerprint density at radius 3 is 2.40 bits per heavy atom. The first-order chi connectivity index (χ1) is 12.0. The highest BCUT2D eigenvalue weighted by atomic mass is 16.2. The molecule has 0 radical (unpaired) electrons. The van der Waals surface area contributed by atoms with Gasteiger partial charge >= 0.3 is 0 Å². The van der Waals surface area contributed by atoms with Crippen molar-refractivity contribution in [1.82, 2.24) is 14.9 Å². The standard InChI is InChI=1S/C20H24N4O/c1-13-4-6-16(7-5-13)9-20(25)24-17-10-18(24)12-23(11-17)19-8-14(2)21-15(3)22-19/h4-8,17-18H,9-12H2,1-3H3. The van der Waals surface area contributed by atoms with Crippen LogP contribution in [0.2, 0.25) is 0 Å². The van der Waals surface area contributed by atoms with Crippen LogP contribution in [0.25, 0.3) is 0 Å².